The molecule has 2 aromatic rings. The van der Waals surface area contributed by atoms with Crippen LogP contribution in [0.1, 0.15) is 30.6 Å². The highest BCUT2D eigenvalue weighted by molar-refractivity contribution is 5.59. The summed E-state index contributed by atoms with van der Waals surface area (Å²) in [5, 5.41) is 10.2. The van der Waals surface area contributed by atoms with Gasteiger partial charge in [0.25, 0.3) is 0 Å². The summed E-state index contributed by atoms with van der Waals surface area (Å²) in [6, 6.07) is 15.2. The van der Waals surface area contributed by atoms with E-state index in [1.807, 2.05) is 6.07 Å². The van der Waals surface area contributed by atoms with Gasteiger partial charge >= 0.3 is 0 Å². The van der Waals surface area contributed by atoms with Crippen molar-refractivity contribution in [2.45, 2.75) is 31.9 Å². The van der Waals surface area contributed by atoms with E-state index < -0.39 is 6.10 Å². The molecule has 1 heterocycles. The first-order chi connectivity index (χ1) is 10.2. The van der Waals surface area contributed by atoms with Gasteiger partial charge in [-0.1, -0.05) is 36.4 Å². The normalized spacial score (nSPS) is 18.6. The fourth-order valence-corrected chi connectivity index (χ4v) is 3.13. The first-order valence-electron chi connectivity index (χ1n) is 7.44. The molecule has 0 fully saturated rings. The minimum absolute atomic E-state index is 0.333. The Hall–Kier alpha value is -1.87. The molecule has 0 saturated heterocycles. The molecule has 0 bridgehead atoms. The standard InChI is InChI=1S/C18H20FNO/c1-13-12-14-6-2-5-9-17(14)20(13)11-10-18(21)15-7-3-4-8-16(15)19/h2-9,13,18,21H,10-12H2,1H3. The van der Waals surface area contributed by atoms with Crippen molar-refractivity contribution in [3.8, 4) is 0 Å². The van der Waals surface area contributed by atoms with Crippen LogP contribution in [0.25, 0.3) is 0 Å². The van der Waals surface area contributed by atoms with Crippen LogP contribution in [-0.4, -0.2) is 17.7 Å². The lowest BCUT2D eigenvalue weighted by Crippen LogP contribution is -2.31. The molecule has 110 valence electrons. The number of anilines is 1. The van der Waals surface area contributed by atoms with Gasteiger partial charge in [-0.25, -0.2) is 4.39 Å². The average molecular weight is 285 g/mol. The summed E-state index contributed by atoms with van der Waals surface area (Å²) in [7, 11) is 0. The Morgan fingerprint density at radius 1 is 1.19 bits per heavy atom. The quantitative estimate of drug-likeness (QED) is 0.926. The maximum Gasteiger partial charge on any atom is 0.128 e. The van der Waals surface area contributed by atoms with Crippen molar-refractivity contribution in [2.24, 2.45) is 0 Å². The van der Waals surface area contributed by atoms with E-state index in [0.717, 1.165) is 13.0 Å². The van der Waals surface area contributed by atoms with E-state index in [1.165, 1.54) is 17.3 Å². The number of aliphatic hydroxyl groups is 1. The third kappa shape index (κ3) is 2.79. The van der Waals surface area contributed by atoms with Crippen molar-refractivity contribution < 1.29 is 9.50 Å². The first kappa shape index (κ1) is 14.1. The number of halogens is 1. The highest BCUT2D eigenvalue weighted by Gasteiger charge is 2.26. The van der Waals surface area contributed by atoms with Crippen molar-refractivity contribution in [3.05, 3.63) is 65.5 Å². The molecule has 0 saturated carbocycles. The molecule has 1 aliphatic heterocycles. The van der Waals surface area contributed by atoms with E-state index in [4.69, 9.17) is 0 Å². The zero-order valence-electron chi connectivity index (χ0n) is 12.2. The summed E-state index contributed by atoms with van der Waals surface area (Å²) < 4.78 is 13.7. The smallest absolute Gasteiger partial charge is 0.128 e. The van der Waals surface area contributed by atoms with Crippen LogP contribution in [0.15, 0.2) is 48.5 Å². The second kappa shape index (κ2) is 5.86. The number of hydrogen-bond acceptors (Lipinski definition) is 2. The number of aliphatic hydroxyl groups excluding tert-OH is 1. The molecule has 0 radical (unpaired) electrons. The van der Waals surface area contributed by atoms with Crippen molar-refractivity contribution in [1.82, 2.24) is 0 Å². The minimum atomic E-state index is -0.758. The van der Waals surface area contributed by atoms with Crippen LogP contribution in [0.3, 0.4) is 0 Å². The Labute approximate surface area is 124 Å². The molecule has 0 aliphatic carbocycles. The average Bonchev–Trinajstić information content (AvgIpc) is 2.81. The lowest BCUT2D eigenvalue weighted by atomic mass is 10.1. The van der Waals surface area contributed by atoms with Gasteiger partial charge in [0.05, 0.1) is 6.10 Å². The van der Waals surface area contributed by atoms with Gasteiger partial charge in [-0.2, -0.15) is 0 Å². The molecule has 2 nitrogen and oxygen atoms in total. The molecule has 2 unspecified atom stereocenters. The van der Waals surface area contributed by atoms with E-state index in [-0.39, 0.29) is 5.82 Å². The molecule has 2 atom stereocenters. The summed E-state index contributed by atoms with van der Waals surface area (Å²) in [4.78, 5) is 2.30. The highest BCUT2D eigenvalue weighted by Crippen LogP contribution is 2.32. The van der Waals surface area contributed by atoms with E-state index in [1.54, 1.807) is 18.2 Å². The molecule has 0 amide bonds. The molecule has 21 heavy (non-hydrogen) atoms. The zero-order valence-corrected chi connectivity index (χ0v) is 12.2. The lowest BCUT2D eigenvalue weighted by Gasteiger charge is -2.26. The SMILES string of the molecule is CC1Cc2ccccc2N1CCC(O)c1ccccc1F. The van der Waals surface area contributed by atoms with Crippen LogP contribution in [0, 0.1) is 5.82 Å². The lowest BCUT2D eigenvalue weighted by molar-refractivity contribution is 0.164. The third-order valence-corrected chi connectivity index (χ3v) is 4.26. The number of hydrogen-bond donors (Lipinski definition) is 1. The number of para-hydroxylation sites is 1. The van der Waals surface area contributed by atoms with Crippen LogP contribution in [0.4, 0.5) is 10.1 Å². The van der Waals surface area contributed by atoms with E-state index >= 15 is 0 Å². The van der Waals surface area contributed by atoms with Crippen molar-refractivity contribution in [1.29, 1.82) is 0 Å². The van der Waals surface area contributed by atoms with Gasteiger partial charge in [0.2, 0.25) is 0 Å². The predicted molar refractivity (Wildman–Crippen MR) is 82.9 cm³/mol. The number of nitrogens with zero attached hydrogens (tertiary/aromatic N) is 1. The number of benzene rings is 2. The van der Waals surface area contributed by atoms with Gasteiger partial charge in [0.15, 0.2) is 0 Å². The monoisotopic (exact) mass is 285 g/mol. The summed E-state index contributed by atoms with van der Waals surface area (Å²) in [6.45, 7) is 2.92. The Bertz CT molecular complexity index is 628. The molecule has 0 aromatic heterocycles. The van der Waals surface area contributed by atoms with Gasteiger partial charge < -0.3 is 10.0 Å². The van der Waals surface area contributed by atoms with E-state index in [9.17, 15) is 9.50 Å². The van der Waals surface area contributed by atoms with E-state index in [0.29, 0.717) is 18.0 Å². The van der Waals surface area contributed by atoms with Crippen LogP contribution < -0.4 is 4.90 Å². The molecular formula is C18H20FNO. The Morgan fingerprint density at radius 2 is 1.90 bits per heavy atom. The molecular weight excluding hydrogens is 265 g/mol. The molecule has 3 rings (SSSR count). The van der Waals surface area contributed by atoms with Crippen LogP contribution >= 0.6 is 0 Å². The predicted octanol–water partition coefficient (Wildman–Crippen LogP) is 3.70. The second-order valence-corrected chi connectivity index (χ2v) is 5.70. The topological polar surface area (TPSA) is 23.5 Å². The molecule has 1 aliphatic rings. The summed E-state index contributed by atoms with van der Waals surface area (Å²) >= 11 is 0. The zero-order chi connectivity index (χ0) is 14.8. The van der Waals surface area contributed by atoms with Gasteiger partial charge in [-0.3, -0.25) is 0 Å². The fourth-order valence-electron chi connectivity index (χ4n) is 3.13. The van der Waals surface area contributed by atoms with Gasteiger partial charge in [-0.15, -0.1) is 0 Å². The summed E-state index contributed by atoms with van der Waals surface area (Å²) in [5.74, 6) is -0.333. The van der Waals surface area contributed by atoms with Crippen LogP contribution in [0.2, 0.25) is 0 Å². The van der Waals surface area contributed by atoms with Gasteiger partial charge in [0.1, 0.15) is 5.82 Å². The Morgan fingerprint density at radius 3 is 2.71 bits per heavy atom. The fraction of sp³-hybridized carbons (Fsp3) is 0.333. The molecule has 0 spiro atoms. The second-order valence-electron chi connectivity index (χ2n) is 5.70. The third-order valence-electron chi connectivity index (χ3n) is 4.26. The van der Waals surface area contributed by atoms with Gasteiger partial charge in [-0.05, 0) is 37.5 Å². The Balaban J connectivity index is 1.69. The van der Waals surface area contributed by atoms with Crippen molar-refractivity contribution in [3.63, 3.8) is 0 Å². The van der Waals surface area contributed by atoms with Gasteiger partial charge in [0, 0.05) is 23.8 Å². The largest absolute Gasteiger partial charge is 0.388 e. The number of rotatable bonds is 4. The van der Waals surface area contributed by atoms with Crippen LogP contribution in [-0.2, 0) is 6.42 Å². The Kier molecular flexibility index (Phi) is 3.93. The molecule has 2 aromatic carbocycles. The molecule has 1 N–H and O–H groups in total. The van der Waals surface area contributed by atoms with Crippen molar-refractivity contribution >= 4 is 5.69 Å². The minimum Gasteiger partial charge on any atom is -0.388 e. The maximum absolute atomic E-state index is 13.7. The highest BCUT2D eigenvalue weighted by atomic mass is 19.1. The first-order valence-corrected chi connectivity index (χ1v) is 7.44. The van der Waals surface area contributed by atoms with E-state index in [2.05, 4.69) is 30.0 Å². The van der Waals surface area contributed by atoms with Crippen LogP contribution in [0.5, 0.6) is 0 Å². The molecule has 3 heteroatoms. The number of fused-ring (bicyclic) bond motifs is 1. The summed E-state index contributed by atoms with van der Waals surface area (Å²) in [5.41, 5.74) is 2.98. The van der Waals surface area contributed by atoms with Crippen molar-refractivity contribution in [2.75, 3.05) is 11.4 Å². The summed E-state index contributed by atoms with van der Waals surface area (Å²) in [6.07, 6.45) is 0.803. The maximum atomic E-state index is 13.7.